The number of aromatic nitrogens is 2. The molecule has 25 heavy (non-hydrogen) atoms. The fraction of sp³-hybridized carbons (Fsp3) is 0.500. The SMILES string of the molecule is CCCC(CCN(C(=O)C(C)N)c1c(C)cccc1C)n1ccnc1. The van der Waals surface area contributed by atoms with Crippen molar-refractivity contribution >= 4 is 11.6 Å². The van der Waals surface area contributed by atoms with Crippen LogP contribution in [0.3, 0.4) is 0 Å². The Hall–Kier alpha value is -2.14. The van der Waals surface area contributed by atoms with Crippen molar-refractivity contribution in [2.75, 3.05) is 11.4 Å². The van der Waals surface area contributed by atoms with Gasteiger partial charge in [-0.15, -0.1) is 0 Å². The van der Waals surface area contributed by atoms with E-state index in [0.717, 1.165) is 36.1 Å². The molecule has 0 aliphatic heterocycles. The lowest BCUT2D eigenvalue weighted by Gasteiger charge is -2.30. The number of benzene rings is 1. The van der Waals surface area contributed by atoms with Crippen molar-refractivity contribution in [2.45, 2.75) is 59.0 Å². The van der Waals surface area contributed by atoms with E-state index in [1.165, 1.54) is 0 Å². The normalized spacial score (nSPS) is 13.5. The third-order valence-corrected chi connectivity index (χ3v) is 4.62. The van der Waals surface area contributed by atoms with Crippen LogP contribution in [0.2, 0.25) is 0 Å². The molecule has 5 nitrogen and oxygen atoms in total. The van der Waals surface area contributed by atoms with Gasteiger partial charge in [0.2, 0.25) is 5.91 Å². The Morgan fingerprint density at radius 3 is 2.48 bits per heavy atom. The van der Waals surface area contributed by atoms with Crippen molar-refractivity contribution < 1.29 is 4.79 Å². The molecule has 0 radical (unpaired) electrons. The van der Waals surface area contributed by atoms with Gasteiger partial charge in [-0.2, -0.15) is 0 Å². The third-order valence-electron chi connectivity index (χ3n) is 4.62. The summed E-state index contributed by atoms with van der Waals surface area (Å²) in [4.78, 5) is 18.8. The molecule has 1 heterocycles. The molecule has 2 N–H and O–H groups in total. The molecule has 0 aliphatic rings. The highest BCUT2D eigenvalue weighted by Gasteiger charge is 2.23. The maximum Gasteiger partial charge on any atom is 0.243 e. The van der Waals surface area contributed by atoms with E-state index >= 15 is 0 Å². The van der Waals surface area contributed by atoms with E-state index in [0.29, 0.717) is 12.6 Å². The van der Waals surface area contributed by atoms with Crippen LogP contribution in [0.5, 0.6) is 0 Å². The quantitative estimate of drug-likeness (QED) is 0.797. The molecule has 5 heteroatoms. The number of anilines is 1. The molecule has 136 valence electrons. The van der Waals surface area contributed by atoms with Gasteiger partial charge in [0.05, 0.1) is 12.4 Å². The highest BCUT2D eigenvalue weighted by Crippen LogP contribution is 2.27. The van der Waals surface area contributed by atoms with E-state index in [-0.39, 0.29) is 5.91 Å². The molecular formula is C20H30N4O. The number of carbonyl (C=O) groups excluding carboxylic acids is 1. The van der Waals surface area contributed by atoms with Gasteiger partial charge in [-0.1, -0.05) is 31.5 Å². The molecule has 1 amide bonds. The Kier molecular flexibility index (Phi) is 6.76. The summed E-state index contributed by atoms with van der Waals surface area (Å²) >= 11 is 0. The molecule has 2 rings (SSSR count). The Morgan fingerprint density at radius 2 is 1.96 bits per heavy atom. The van der Waals surface area contributed by atoms with Crippen molar-refractivity contribution in [3.8, 4) is 0 Å². The van der Waals surface area contributed by atoms with Gasteiger partial charge in [-0.3, -0.25) is 4.79 Å². The predicted octanol–water partition coefficient (Wildman–Crippen LogP) is 3.61. The number of amides is 1. The maximum atomic E-state index is 12.8. The summed E-state index contributed by atoms with van der Waals surface area (Å²) < 4.78 is 2.14. The molecule has 2 aromatic rings. The largest absolute Gasteiger partial charge is 0.334 e. The van der Waals surface area contributed by atoms with Gasteiger partial charge in [-0.05, 0) is 44.7 Å². The molecule has 0 bridgehead atoms. The molecule has 0 saturated carbocycles. The second-order valence-corrected chi connectivity index (χ2v) is 6.76. The first-order valence-electron chi connectivity index (χ1n) is 9.06. The van der Waals surface area contributed by atoms with Crippen LogP contribution in [0.25, 0.3) is 0 Å². The standard InChI is InChI=1S/C20H30N4O/c1-5-7-18(23-13-11-22-14-23)10-12-24(20(25)17(4)21)19-15(2)8-6-9-16(19)3/h6,8-9,11,13-14,17-18H,5,7,10,12,21H2,1-4H3. The number of hydrogen-bond donors (Lipinski definition) is 1. The second-order valence-electron chi connectivity index (χ2n) is 6.76. The van der Waals surface area contributed by atoms with Crippen LogP contribution in [0.4, 0.5) is 5.69 Å². The van der Waals surface area contributed by atoms with Crippen LogP contribution in [0, 0.1) is 13.8 Å². The number of rotatable bonds is 8. The van der Waals surface area contributed by atoms with E-state index in [2.05, 4.69) is 16.5 Å². The number of nitrogens with zero attached hydrogens (tertiary/aromatic N) is 3. The average molecular weight is 342 g/mol. The Bertz CT molecular complexity index is 659. The number of carbonyl (C=O) groups is 1. The first-order chi connectivity index (χ1) is 12.0. The molecule has 0 aliphatic carbocycles. The van der Waals surface area contributed by atoms with Gasteiger partial charge in [0, 0.05) is 30.7 Å². The van der Waals surface area contributed by atoms with Crippen LogP contribution in [0.15, 0.2) is 36.9 Å². The number of nitrogens with two attached hydrogens (primary N) is 1. The predicted molar refractivity (Wildman–Crippen MR) is 103 cm³/mol. The van der Waals surface area contributed by atoms with Gasteiger partial charge in [0.1, 0.15) is 0 Å². The van der Waals surface area contributed by atoms with Crippen LogP contribution >= 0.6 is 0 Å². The lowest BCUT2D eigenvalue weighted by Crippen LogP contribution is -2.43. The first kappa shape index (κ1) is 19.2. The van der Waals surface area contributed by atoms with Crippen molar-refractivity contribution in [2.24, 2.45) is 5.73 Å². The van der Waals surface area contributed by atoms with E-state index in [4.69, 9.17) is 5.73 Å². The Morgan fingerprint density at radius 1 is 1.28 bits per heavy atom. The smallest absolute Gasteiger partial charge is 0.243 e. The lowest BCUT2D eigenvalue weighted by molar-refractivity contribution is -0.119. The number of imidazole rings is 1. The minimum Gasteiger partial charge on any atom is -0.334 e. The third kappa shape index (κ3) is 4.69. The van der Waals surface area contributed by atoms with Crippen molar-refractivity contribution in [1.29, 1.82) is 0 Å². The topological polar surface area (TPSA) is 64.2 Å². The summed E-state index contributed by atoms with van der Waals surface area (Å²) in [6.45, 7) is 8.67. The van der Waals surface area contributed by atoms with Gasteiger partial charge >= 0.3 is 0 Å². The highest BCUT2D eigenvalue weighted by molar-refractivity contribution is 5.98. The van der Waals surface area contributed by atoms with Crippen LogP contribution in [-0.2, 0) is 4.79 Å². The van der Waals surface area contributed by atoms with Gasteiger partial charge in [0.15, 0.2) is 0 Å². The zero-order chi connectivity index (χ0) is 18.4. The lowest BCUT2D eigenvalue weighted by atomic mass is 10.0. The van der Waals surface area contributed by atoms with Crippen LogP contribution in [-0.4, -0.2) is 28.0 Å². The van der Waals surface area contributed by atoms with E-state index < -0.39 is 6.04 Å². The summed E-state index contributed by atoms with van der Waals surface area (Å²) in [5.74, 6) is -0.0294. The highest BCUT2D eigenvalue weighted by atomic mass is 16.2. The molecule has 1 aromatic carbocycles. The van der Waals surface area contributed by atoms with E-state index in [1.807, 2.05) is 49.5 Å². The number of para-hydroxylation sites is 1. The fourth-order valence-corrected chi connectivity index (χ4v) is 3.35. The molecule has 0 spiro atoms. The number of aryl methyl sites for hydroxylation is 2. The summed E-state index contributed by atoms with van der Waals surface area (Å²) in [6.07, 6.45) is 8.68. The molecule has 2 atom stereocenters. The summed E-state index contributed by atoms with van der Waals surface area (Å²) in [5, 5.41) is 0. The second kappa shape index (κ2) is 8.81. The van der Waals surface area contributed by atoms with Gasteiger partial charge in [0.25, 0.3) is 0 Å². The maximum absolute atomic E-state index is 12.8. The zero-order valence-electron chi connectivity index (χ0n) is 15.8. The minimum atomic E-state index is -0.517. The van der Waals surface area contributed by atoms with Crippen LogP contribution < -0.4 is 10.6 Å². The minimum absolute atomic E-state index is 0.0294. The summed E-state index contributed by atoms with van der Waals surface area (Å²) in [6, 6.07) is 5.93. The molecule has 2 unspecified atom stereocenters. The monoisotopic (exact) mass is 342 g/mol. The fourth-order valence-electron chi connectivity index (χ4n) is 3.35. The molecule has 1 aromatic heterocycles. The van der Waals surface area contributed by atoms with E-state index in [1.54, 1.807) is 13.1 Å². The summed E-state index contributed by atoms with van der Waals surface area (Å²) in [5.41, 5.74) is 9.12. The first-order valence-corrected chi connectivity index (χ1v) is 9.06. The summed E-state index contributed by atoms with van der Waals surface area (Å²) in [7, 11) is 0. The van der Waals surface area contributed by atoms with Crippen LogP contribution in [0.1, 0.15) is 50.3 Å². The van der Waals surface area contributed by atoms with Crippen molar-refractivity contribution in [3.05, 3.63) is 48.0 Å². The van der Waals surface area contributed by atoms with E-state index in [9.17, 15) is 4.79 Å². The van der Waals surface area contributed by atoms with Gasteiger partial charge < -0.3 is 15.2 Å². The Balaban J connectivity index is 2.26. The molecule has 0 fully saturated rings. The van der Waals surface area contributed by atoms with Crippen molar-refractivity contribution in [3.63, 3.8) is 0 Å². The average Bonchev–Trinajstić information content (AvgIpc) is 3.10. The zero-order valence-corrected chi connectivity index (χ0v) is 15.8. The van der Waals surface area contributed by atoms with Crippen molar-refractivity contribution in [1.82, 2.24) is 9.55 Å². The molecule has 0 saturated heterocycles. The number of hydrogen-bond acceptors (Lipinski definition) is 3. The molecular weight excluding hydrogens is 312 g/mol. The Labute approximate surface area is 150 Å². The van der Waals surface area contributed by atoms with Gasteiger partial charge in [-0.25, -0.2) is 4.98 Å².